The van der Waals surface area contributed by atoms with Crippen molar-refractivity contribution in [2.75, 3.05) is 0 Å². The van der Waals surface area contributed by atoms with Crippen LogP contribution in [0.5, 0.6) is 0 Å². The molecule has 0 unspecified atom stereocenters. The van der Waals surface area contributed by atoms with Gasteiger partial charge in [-0.3, -0.25) is 0 Å². The van der Waals surface area contributed by atoms with Crippen molar-refractivity contribution < 1.29 is 0 Å². The summed E-state index contributed by atoms with van der Waals surface area (Å²) in [6.07, 6.45) is 5.43. The quantitative estimate of drug-likeness (QED) is 0.551. The molecule has 12 heavy (non-hydrogen) atoms. The molecule has 0 aliphatic carbocycles. The van der Waals surface area contributed by atoms with Gasteiger partial charge in [-0.1, -0.05) is 60.3 Å². The van der Waals surface area contributed by atoms with E-state index in [2.05, 4.69) is 34.6 Å². The summed E-state index contributed by atoms with van der Waals surface area (Å²) >= 11 is 0. The van der Waals surface area contributed by atoms with Crippen molar-refractivity contribution in [2.45, 2.75) is 60.3 Å². The van der Waals surface area contributed by atoms with Crippen LogP contribution in [0.1, 0.15) is 60.3 Å². The lowest BCUT2D eigenvalue weighted by atomic mass is 9.80. The Kier molecular flexibility index (Phi) is 6.51. The summed E-state index contributed by atoms with van der Waals surface area (Å²) in [5.74, 6) is 3.37. The fraction of sp³-hybridized carbons (Fsp3) is 0.917. The first-order chi connectivity index (χ1) is 5.63. The van der Waals surface area contributed by atoms with Gasteiger partial charge in [-0.25, -0.2) is 0 Å². The molecule has 0 aromatic heterocycles. The Morgan fingerprint density at radius 1 is 1.00 bits per heavy atom. The topological polar surface area (TPSA) is 0 Å². The van der Waals surface area contributed by atoms with Gasteiger partial charge in [-0.05, 0) is 17.8 Å². The van der Waals surface area contributed by atoms with Crippen LogP contribution >= 0.6 is 0 Å². The molecule has 0 rings (SSSR count). The third-order valence-electron chi connectivity index (χ3n) is 2.83. The third kappa shape index (κ3) is 4.13. The summed E-state index contributed by atoms with van der Waals surface area (Å²) in [4.78, 5) is 0. The molecular formula is C12H25. The van der Waals surface area contributed by atoms with Crippen molar-refractivity contribution in [3.05, 3.63) is 5.92 Å². The van der Waals surface area contributed by atoms with E-state index in [9.17, 15) is 0 Å². The van der Waals surface area contributed by atoms with E-state index in [0.29, 0.717) is 0 Å². The van der Waals surface area contributed by atoms with Crippen LogP contribution in [0.4, 0.5) is 0 Å². The van der Waals surface area contributed by atoms with E-state index in [0.717, 1.165) is 11.8 Å². The second-order valence-electron chi connectivity index (χ2n) is 4.17. The predicted molar refractivity (Wildman–Crippen MR) is 57.1 cm³/mol. The number of rotatable bonds is 6. The molecule has 0 heteroatoms. The summed E-state index contributed by atoms with van der Waals surface area (Å²) in [6.45, 7) is 11.5. The molecule has 0 aliphatic rings. The Morgan fingerprint density at radius 3 is 1.67 bits per heavy atom. The van der Waals surface area contributed by atoms with Crippen LogP contribution in [0, 0.1) is 17.8 Å². The average Bonchev–Trinajstić information content (AvgIpc) is 2.03. The van der Waals surface area contributed by atoms with E-state index in [-0.39, 0.29) is 0 Å². The summed E-state index contributed by atoms with van der Waals surface area (Å²) < 4.78 is 0. The Bertz CT molecular complexity index is 88.2. The molecule has 0 N–H and O–H groups in total. The average molecular weight is 169 g/mol. The molecule has 0 saturated heterocycles. The van der Waals surface area contributed by atoms with Gasteiger partial charge in [0.1, 0.15) is 0 Å². The van der Waals surface area contributed by atoms with E-state index in [4.69, 9.17) is 0 Å². The van der Waals surface area contributed by atoms with E-state index in [1.54, 1.807) is 5.92 Å². The Hall–Kier alpha value is 0. The van der Waals surface area contributed by atoms with Crippen molar-refractivity contribution in [1.82, 2.24) is 0 Å². The zero-order valence-electron chi connectivity index (χ0n) is 9.48. The molecule has 73 valence electrons. The first kappa shape index (κ1) is 12.0. The maximum Gasteiger partial charge on any atom is -0.0216 e. The normalized spacial score (nSPS) is 12.0. The molecule has 0 heterocycles. The fourth-order valence-electron chi connectivity index (χ4n) is 1.77. The molecule has 0 aromatic rings. The second kappa shape index (κ2) is 6.51. The van der Waals surface area contributed by atoms with Gasteiger partial charge in [0.05, 0.1) is 0 Å². The van der Waals surface area contributed by atoms with Gasteiger partial charge in [0.25, 0.3) is 0 Å². The minimum atomic E-state index is 0.771. The van der Waals surface area contributed by atoms with Crippen molar-refractivity contribution >= 4 is 0 Å². The molecule has 0 saturated carbocycles. The van der Waals surface area contributed by atoms with Crippen LogP contribution in [-0.2, 0) is 0 Å². The van der Waals surface area contributed by atoms with Gasteiger partial charge in [-0.2, -0.15) is 0 Å². The second-order valence-corrected chi connectivity index (χ2v) is 4.17. The minimum Gasteiger partial charge on any atom is -0.0654 e. The standard InChI is InChI=1S/C12H25/c1-6-8-12(9-7-2)11(5)10(3)4/h10,12H,6-9H2,1-5H3. The van der Waals surface area contributed by atoms with Crippen molar-refractivity contribution in [2.24, 2.45) is 11.8 Å². The first-order valence-corrected chi connectivity index (χ1v) is 5.46. The highest BCUT2D eigenvalue weighted by atomic mass is 14.2. The van der Waals surface area contributed by atoms with Crippen LogP contribution in [0.25, 0.3) is 0 Å². The molecule has 0 aliphatic heterocycles. The smallest absolute Gasteiger partial charge is 0.0216 e. The van der Waals surface area contributed by atoms with Gasteiger partial charge < -0.3 is 0 Å². The van der Waals surface area contributed by atoms with Crippen LogP contribution in [0.2, 0.25) is 0 Å². The summed E-state index contributed by atoms with van der Waals surface area (Å²) in [7, 11) is 0. The maximum absolute atomic E-state index is 2.33. The zero-order valence-corrected chi connectivity index (χ0v) is 9.48. The number of hydrogen-bond donors (Lipinski definition) is 0. The minimum absolute atomic E-state index is 0.771. The maximum atomic E-state index is 2.33. The van der Waals surface area contributed by atoms with E-state index >= 15 is 0 Å². The lowest BCUT2D eigenvalue weighted by molar-refractivity contribution is 0.400. The van der Waals surface area contributed by atoms with Crippen molar-refractivity contribution in [1.29, 1.82) is 0 Å². The Balaban J connectivity index is 3.89. The summed E-state index contributed by atoms with van der Waals surface area (Å²) in [6, 6.07) is 0. The molecular weight excluding hydrogens is 144 g/mol. The fourth-order valence-corrected chi connectivity index (χ4v) is 1.77. The molecule has 0 amide bonds. The highest BCUT2D eigenvalue weighted by Crippen LogP contribution is 2.29. The van der Waals surface area contributed by atoms with E-state index in [1.165, 1.54) is 25.7 Å². The van der Waals surface area contributed by atoms with Gasteiger partial charge >= 0.3 is 0 Å². The van der Waals surface area contributed by atoms with E-state index in [1.807, 2.05) is 0 Å². The predicted octanol–water partition coefficient (Wildman–Crippen LogP) is 4.45. The van der Waals surface area contributed by atoms with Crippen LogP contribution in [0.15, 0.2) is 0 Å². The summed E-state index contributed by atoms with van der Waals surface area (Å²) in [5, 5.41) is 0. The molecule has 0 aromatic carbocycles. The Labute approximate surface area is 78.8 Å². The molecule has 0 atom stereocenters. The zero-order chi connectivity index (χ0) is 9.56. The monoisotopic (exact) mass is 169 g/mol. The largest absolute Gasteiger partial charge is 0.0654 e. The van der Waals surface area contributed by atoms with Gasteiger partial charge in [0.15, 0.2) is 0 Å². The highest BCUT2D eigenvalue weighted by molar-refractivity contribution is 4.94. The van der Waals surface area contributed by atoms with Crippen molar-refractivity contribution in [3.8, 4) is 0 Å². The molecule has 1 radical (unpaired) electrons. The van der Waals surface area contributed by atoms with Crippen molar-refractivity contribution in [3.63, 3.8) is 0 Å². The molecule has 0 spiro atoms. The first-order valence-electron chi connectivity index (χ1n) is 5.46. The number of hydrogen-bond acceptors (Lipinski definition) is 0. The van der Waals surface area contributed by atoms with Gasteiger partial charge in [0.2, 0.25) is 0 Å². The lowest BCUT2D eigenvalue weighted by Crippen LogP contribution is -2.14. The molecule has 0 fully saturated rings. The molecule has 0 bridgehead atoms. The lowest BCUT2D eigenvalue weighted by Gasteiger charge is -2.25. The van der Waals surface area contributed by atoms with Crippen LogP contribution in [0.3, 0.4) is 0 Å². The SMILES string of the molecule is CCCC(CCC)[C](C)C(C)C. The molecule has 0 nitrogen and oxygen atoms in total. The Morgan fingerprint density at radius 2 is 1.42 bits per heavy atom. The van der Waals surface area contributed by atoms with E-state index < -0.39 is 0 Å². The van der Waals surface area contributed by atoms with Gasteiger partial charge in [0, 0.05) is 0 Å². The summed E-state index contributed by atoms with van der Waals surface area (Å²) in [5.41, 5.74) is 0. The highest BCUT2D eigenvalue weighted by Gasteiger charge is 2.18. The van der Waals surface area contributed by atoms with Gasteiger partial charge in [-0.15, -0.1) is 0 Å². The third-order valence-corrected chi connectivity index (χ3v) is 2.83. The van der Waals surface area contributed by atoms with Crippen LogP contribution < -0.4 is 0 Å². The van der Waals surface area contributed by atoms with Crippen LogP contribution in [-0.4, -0.2) is 0 Å².